The summed E-state index contributed by atoms with van der Waals surface area (Å²) in [6.07, 6.45) is 0. The zero-order valence-corrected chi connectivity index (χ0v) is 25.0. The molecule has 0 bridgehead atoms. The van der Waals surface area contributed by atoms with Crippen molar-refractivity contribution in [2.45, 2.75) is 0 Å². The molecule has 0 fully saturated rings. The number of hydrogen-bond donors (Lipinski definition) is 0. The molecule has 0 saturated heterocycles. The van der Waals surface area contributed by atoms with Gasteiger partial charge in [-0.3, -0.25) is 0 Å². The first-order chi connectivity index (χ1) is 37.7. The van der Waals surface area contributed by atoms with Crippen molar-refractivity contribution in [1.29, 1.82) is 0 Å². The van der Waals surface area contributed by atoms with Crippen LogP contribution >= 0.6 is 0 Å². The highest BCUT2D eigenvalue weighted by molar-refractivity contribution is 6.12. The lowest BCUT2D eigenvalue weighted by atomic mass is 10.0. The van der Waals surface area contributed by atoms with Crippen molar-refractivity contribution in [2.24, 2.45) is 0 Å². The fourth-order valence-electron chi connectivity index (χ4n) is 5.63. The molecule has 2 heteroatoms. The maximum atomic E-state index is 9.84. The summed E-state index contributed by atoms with van der Waals surface area (Å²) in [5.41, 5.74) is -8.43. The first-order valence-electron chi connectivity index (χ1n) is 30.2. The molecule has 0 atom stereocenters. The zero-order chi connectivity index (χ0) is 60.0. The van der Waals surface area contributed by atoms with Gasteiger partial charge in [-0.25, -0.2) is 0 Å². The summed E-state index contributed by atoms with van der Waals surface area (Å²) in [6, 6.07) is -27.6. The van der Waals surface area contributed by atoms with E-state index in [9.17, 15) is 12.3 Å². The molecule has 50 heavy (non-hydrogen) atoms. The normalized spacial score (nSPS) is 20.3. The second-order valence-electron chi connectivity index (χ2n) is 10.6. The van der Waals surface area contributed by atoms with E-state index in [-0.39, 0.29) is 0 Å². The van der Waals surface area contributed by atoms with Crippen molar-refractivity contribution >= 4 is 43.6 Å². The lowest BCUT2D eigenvalue weighted by Gasteiger charge is -2.11. The van der Waals surface area contributed by atoms with Gasteiger partial charge < -0.3 is 9.13 Å². The number of hydrogen-bond acceptors (Lipinski definition) is 0. The van der Waals surface area contributed by atoms with E-state index in [1.165, 1.54) is 0 Å². The molecule has 10 rings (SSSR count). The van der Waals surface area contributed by atoms with Crippen molar-refractivity contribution in [3.05, 3.63) is 193 Å². The van der Waals surface area contributed by atoms with Gasteiger partial charge in [0.25, 0.3) is 0 Å². The molecule has 2 aromatic heterocycles. The fourth-order valence-corrected chi connectivity index (χ4v) is 5.63. The minimum atomic E-state index is -1.07. The first-order valence-corrected chi connectivity index (χ1v) is 14.7. The Morgan fingerprint density at radius 3 is 1.20 bits per heavy atom. The summed E-state index contributed by atoms with van der Waals surface area (Å²) in [6.45, 7) is 0. The third-order valence-electron chi connectivity index (χ3n) is 7.81. The van der Waals surface area contributed by atoms with Gasteiger partial charge in [-0.1, -0.05) is 133 Å². The lowest BCUT2D eigenvalue weighted by Crippen LogP contribution is -1.94. The van der Waals surface area contributed by atoms with Crippen LogP contribution in [-0.2, 0) is 0 Å². The average molecular weight is 668 g/mol. The molecule has 0 N–H and O–H groups in total. The Bertz CT molecular complexity index is 4560. The molecule has 8 aromatic carbocycles. The number of rotatable bonds is 5. The Morgan fingerprint density at radius 1 is 0.280 bits per heavy atom. The molecule has 10 aromatic rings. The van der Waals surface area contributed by atoms with E-state index in [2.05, 4.69) is 0 Å². The largest absolute Gasteiger partial charge is 0.309 e. The van der Waals surface area contributed by atoms with E-state index >= 15 is 0 Å². The summed E-state index contributed by atoms with van der Waals surface area (Å²) in [4.78, 5) is 0. The molecule has 0 radical (unpaired) electrons. The van der Waals surface area contributed by atoms with E-state index in [1.54, 1.807) is 0 Å². The van der Waals surface area contributed by atoms with Crippen LogP contribution in [0.3, 0.4) is 0 Å². The number of nitrogens with zero attached hydrogens (tertiary/aromatic N) is 2. The van der Waals surface area contributed by atoms with Crippen LogP contribution in [0.15, 0.2) is 193 Å². The quantitative estimate of drug-likeness (QED) is 0.173. The first kappa shape index (κ1) is 11.2. The summed E-state index contributed by atoms with van der Waals surface area (Å²) in [7, 11) is 0. The summed E-state index contributed by atoms with van der Waals surface area (Å²) in [5.74, 6) is 0. The van der Waals surface area contributed by atoms with E-state index < -0.39 is 276 Å². The topological polar surface area (TPSA) is 9.86 Å². The summed E-state index contributed by atoms with van der Waals surface area (Å²) < 4.78 is 278. The van der Waals surface area contributed by atoms with Crippen LogP contribution in [0.1, 0.15) is 42.5 Å². The molecule has 0 aliphatic heterocycles. The second-order valence-corrected chi connectivity index (χ2v) is 10.6. The van der Waals surface area contributed by atoms with Crippen molar-refractivity contribution < 1.29 is 42.5 Å². The molecule has 0 spiro atoms. The molecule has 2 nitrogen and oxygen atoms in total. The van der Waals surface area contributed by atoms with E-state index in [0.717, 1.165) is 10.6 Å². The van der Waals surface area contributed by atoms with Gasteiger partial charge in [-0.05, 0) is 93.8 Å². The third-order valence-corrected chi connectivity index (χ3v) is 7.81. The molecule has 0 aliphatic carbocycles. The van der Waals surface area contributed by atoms with Crippen LogP contribution in [0.4, 0.5) is 0 Å². The Hall–Kier alpha value is -6.64. The van der Waals surface area contributed by atoms with Crippen LogP contribution in [0.25, 0.3) is 88.4 Å². The van der Waals surface area contributed by atoms with Gasteiger partial charge in [0, 0.05) is 32.9 Å². The van der Waals surface area contributed by atoms with Crippen molar-refractivity contribution in [3.63, 3.8) is 0 Å². The zero-order valence-electron chi connectivity index (χ0n) is 56.0. The molecular formula is C48H32N2. The number of para-hydroxylation sites is 2. The van der Waals surface area contributed by atoms with Gasteiger partial charge in [-0.15, -0.1) is 0 Å². The Kier molecular flexibility index (Phi) is 2.58. The number of benzene rings is 8. The van der Waals surface area contributed by atoms with Crippen molar-refractivity contribution in [2.75, 3.05) is 0 Å². The molecule has 0 saturated carbocycles. The molecule has 0 aliphatic rings. The van der Waals surface area contributed by atoms with Gasteiger partial charge in [0.15, 0.2) is 0 Å². The minimum absolute atomic E-state index is 0.561. The summed E-state index contributed by atoms with van der Waals surface area (Å²) in [5, 5.41) is -2.43. The number of fused-ring (bicyclic) bond motifs is 6. The molecular weight excluding hydrogens is 605 g/mol. The van der Waals surface area contributed by atoms with Crippen molar-refractivity contribution in [3.8, 4) is 44.8 Å². The lowest BCUT2D eigenvalue weighted by molar-refractivity contribution is 1.18. The monoisotopic (exact) mass is 667 g/mol. The molecule has 0 unspecified atom stereocenters. The van der Waals surface area contributed by atoms with Crippen molar-refractivity contribution in [1.82, 2.24) is 9.13 Å². The Morgan fingerprint density at radius 2 is 0.660 bits per heavy atom. The highest BCUT2D eigenvalue weighted by atomic mass is 15.0. The van der Waals surface area contributed by atoms with E-state index in [1.807, 2.05) is 0 Å². The third kappa shape index (κ3) is 4.57. The highest BCUT2D eigenvalue weighted by Crippen LogP contribution is 2.38. The molecule has 234 valence electrons. The van der Waals surface area contributed by atoms with Crippen LogP contribution in [0.2, 0.25) is 0 Å². The van der Waals surface area contributed by atoms with Gasteiger partial charge in [0.1, 0.15) is 0 Å². The van der Waals surface area contributed by atoms with Crippen LogP contribution < -0.4 is 0 Å². The predicted molar refractivity (Wildman–Crippen MR) is 211 cm³/mol. The van der Waals surface area contributed by atoms with E-state index in [0.29, 0.717) is 4.57 Å². The van der Waals surface area contributed by atoms with Gasteiger partial charge in [-0.2, -0.15) is 0 Å². The standard InChI is InChI=1S/C48H32N2/c1-3-11-33(12-4-1)35-19-25-39(26-20-35)49-45-17-9-7-15-41(45)43-31-37(23-29-47(43)49)38-24-30-48-44(32-38)42-16-8-10-18-46(42)50(48)40-27-21-36(22-28-40)34-13-5-2-6-14-34/h1-32H/i1D,2D,3D,4D,5D,6D,7D,8D,9D,10D,11D,12D,13D,14D,15D,16D,17D,18D,19D,20D,21D,22D,23D,24D,25D,26D,27D,29D,30D,31D,32D. The van der Waals surface area contributed by atoms with Crippen LogP contribution in [0.5, 0.6) is 0 Å². The maximum Gasteiger partial charge on any atom is 0.0645 e. The van der Waals surface area contributed by atoms with Crippen LogP contribution in [0, 0.1) is 0 Å². The van der Waals surface area contributed by atoms with Gasteiger partial charge in [0.05, 0.1) is 64.6 Å². The van der Waals surface area contributed by atoms with Gasteiger partial charge >= 0.3 is 0 Å². The Balaban J connectivity index is 1.35. The number of aromatic nitrogens is 2. The Labute approximate surface area is 334 Å². The summed E-state index contributed by atoms with van der Waals surface area (Å²) >= 11 is 0. The second kappa shape index (κ2) is 11.5. The predicted octanol–water partition coefficient (Wildman–Crippen LogP) is 12.9. The smallest absolute Gasteiger partial charge is 0.0645 e. The van der Waals surface area contributed by atoms with Crippen LogP contribution in [-0.4, -0.2) is 9.13 Å². The average Bonchev–Trinajstić information content (AvgIpc) is 2.30. The molecule has 2 heterocycles. The fraction of sp³-hybridized carbons (Fsp3) is 0. The van der Waals surface area contributed by atoms with E-state index in [4.69, 9.17) is 30.2 Å². The maximum absolute atomic E-state index is 9.84. The molecule has 0 amide bonds. The van der Waals surface area contributed by atoms with Gasteiger partial charge in [0.2, 0.25) is 0 Å². The SMILES string of the molecule is [2H]c1cc(-n2c3c([2H])c([2H])c([2H])c([2H])c3c3c([2H])c(-c4c([2H])c([2H])c5c(c4[2H])c4c([2H])c([2H])c([2H])c([2H])c4n5-c4c([2H])c([2H])c(-c5c([2H])c([2H])c([2H])c([2H])c5[2H])c([2H])c4[2H])c([2H])c([2H])c32)c([2H])c([2H])c1-c1c([2H])c([2H])c([2H])c([2H])c1[2H]. The minimum Gasteiger partial charge on any atom is -0.309 e. The highest BCUT2D eigenvalue weighted by Gasteiger charge is 2.16.